The number of alkyl halides is 1. The summed E-state index contributed by atoms with van der Waals surface area (Å²) in [4.78, 5) is 11.0. The monoisotopic (exact) mass is 196 g/mol. The summed E-state index contributed by atoms with van der Waals surface area (Å²) >= 11 is 5.35. The molecule has 3 N–H and O–H groups in total. The predicted molar refractivity (Wildman–Crippen MR) is 44.0 cm³/mol. The lowest BCUT2D eigenvalue weighted by molar-refractivity contribution is -0.128. The fourth-order valence-corrected chi connectivity index (χ4v) is 0.883. The van der Waals surface area contributed by atoms with Gasteiger partial charge in [0.25, 0.3) is 0 Å². The molecule has 72 valence electrons. The average molecular weight is 197 g/mol. The molecule has 0 radical (unpaired) electrons. The second kappa shape index (κ2) is 5.48. The number of Topliss-reactive ketones (excluding diaryl/α,β-unsaturated/α-hetero) is 1. The number of rotatable bonds is 5. The summed E-state index contributed by atoms with van der Waals surface area (Å²) in [7, 11) is 0. The highest BCUT2D eigenvalue weighted by Gasteiger charge is 2.23. The van der Waals surface area contributed by atoms with Crippen LogP contribution in [0.3, 0.4) is 0 Å². The topological polar surface area (TPSA) is 77.8 Å². The van der Waals surface area contributed by atoms with Crippen LogP contribution in [0.5, 0.6) is 0 Å². The van der Waals surface area contributed by atoms with Gasteiger partial charge in [0.15, 0.2) is 5.78 Å². The van der Waals surface area contributed by atoms with E-state index in [1.165, 1.54) is 6.92 Å². The molecule has 0 saturated carbocycles. The number of aliphatic hydroxyl groups is 3. The lowest BCUT2D eigenvalue weighted by Gasteiger charge is -2.13. The van der Waals surface area contributed by atoms with Gasteiger partial charge in [-0.1, -0.05) is 0 Å². The third-order valence-electron chi connectivity index (χ3n) is 1.36. The summed E-state index contributed by atoms with van der Waals surface area (Å²) in [5, 5.41) is 25.3. The van der Waals surface area contributed by atoms with Gasteiger partial charge in [-0.05, 0) is 6.92 Å². The molecule has 0 saturated heterocycles. The fourth-order valence-electron chi connectivity index (χ4n) is 0.738. The number of carbonyl (C=O) groups excluding carboxylic acids is 1. The van der Waals surface area contributed by atoms with Gasteiger partial charge in [0.2, 0.25) is 0 Å². The highest BCUT2D eigenvalue weighted by atomic mass is 35.5. The lowest BCUT2D eigenvalue weighted by Crippen LogP contribution is -2.33. The molecule has 12 heavy (non-hydrogen) atoms. The van der Waals surface area contributed by atoms with Crippen LogP contribution in [0.25, 0.3) is 0 Å². The lowest BCUT2D eigenvalue weighted by atomic mass is 10.1. The minimum atomic E-state index is -1.29. The highest BCUT2D eigenvalue weighted by Crippen LogP contribution is 2.05. The van der Waals surface area contributed by atoms with Crippen molar-refractivity contribution in [2.24, 2.45) is 0 Å². The molecule has 0 aliphatic carbocycles. The van der Waals surface area contributed by atoms with Crippen molar-refractivity contribution in [2.75, 3.05) is 6.61 Å². The SMILES string of the molecule is CC(O)CC(O)C(=O)C(Cl)CO. The zero-order valence-corrected chi connectivity index (χ0v) is 7.53. The minimum absolute atomic E-state index is 0.0535. The maximum atomic E-state index is 11.0. The van der Waals surface area contributed by atoms with E-state index in [0.29, 0.717) is 0 Å². The average Bonchev–Trinajstić information content (AvgIpc) is 2.00. The van der Waals surface area contributed by atoms with Gasteiger partial charge < -0.3 is 15.3 Å². The summed E-state index contributed by atoms with van der Waals surface area (Å²) in [5.41, 5.74) is 0. The highest BCUT2D eigenvalue weighted by molar-refractivity contribution is 6.31. The molecule has 0 rings (SSSR count). The third kappa shape index (κ3) is 4.01. The number of hydrogen-bond donors (Lipinski definition) is 3. The number of aliphatic hydroxyl groups excluding tert-OH is 3. The summed E-state index contributed by atoms with van der Waals surface area (Å²) in [5.74, 6) is -0.653. The van der Waals surface area contributed by atoms with E-state index in [-0.39, 0.29) is 6.42 Å². The van der Waals surface area contributed by atoms with E-state index in [1.54, 1.807) is 0 Å². The molecular weight excluding hydrogens is 184 g/mol. The zero-order chi connectivity index (χ0) is 9.72. The molecule has 0 aromatic rings. The van der Waals surface area contributed by atoms with Gasteiger partial charge in [-0.3, -0.25) is 4.79 Å². The van der Waals surface area contributed by atoms with Crippen molar-refractivity contribution in [2.45, 2.75) is 30.9 Å². The molecule has 0 heterocycles. The summed E-state index contributed by atoms with van der Waals surface area (Å²) in [6.07, 6.45) is -2.10. The van der Waals surface area contributed by atoms with Crippen LogP contribution >= 0.6 is 11.6 Å². The predicted octanol–water partition coefficient (Wildman–Crippen LogP) is -0.713. The van der Waals surface area contributed by atoms with Crippen LogP contribution in [-0.4, -0.2) is 45.3 Å². The Bertz CT molecular complexity index is 148. The molecule has 0 aliphatic heterocycles. The third-order valence-corrected chi connectivity index (χ3v) is 1.71. The van der Waals surface area contributed by atoms with Gasteiger partial charge in [0.05, 0.1) is 12.7 Å². The van der Waals surface area contributed by atoms with Crippen LogP contribution in [-0.2, 0) is 4.79 Å². The van der Waals surface area contributed by atoms with Crippen LogP contribution in [0.2, 0.25) is 0 Å². The molecule has 0 aromatic carbocycles. The molecule has 5 heteroatoms. The quantitative estimate of drug-likeness (QED) is 0.508. The Morgan fingerprint density at radius 1 is 1.50 bits per heavy atom. The van der Waals surface area contributed by atoms with E-state index >= 15 is 0 Å². The van der Waals surface area contributed by atoms with Crippen LogP contribution in [0.4, 0.5) is 0 Å². The van der Waals surface area contributed by atoms with Crippen molar-refractivity contribution in [3.05, 3.63) is 0 Å². The largest absolute Gasteiger partial charge is 0.394 e. The number of halogens is 1. The summed E-state index contributed by atoms with van der Waals surface area (Å²) in [6, 6.07) is 0. The second-order valence-corrected chi connectivity index (χ2v) is 3.18. The first-order chi connectivity index (χ1) is 5.49. The molecule has 0 bridgehead atoms. The van der Waals surface area contributed by atoms with E-state index in [9.17, 15) is 4.79 Å². The molecule has 0 amide bonds. The molecule has 0 spiro atoms. The zero-order valence-electron chi connectivity index (χ0n) is 6.77. The molecular formula is C7H13ClO4. The molecule has 0 fully saturated rings. The van der Waals surface area contributed by atoms with Crippen molar-refractivity contribution in [1.82, 2.24) is 0 Å². The summed E-state index contributed by atoms with van der Waals surface area (Å²) in [6.45, 7) is 0.954. The Balaban J connectivity index is 3.92. The van der Waals surface area contributed by atoms with Crippen molar-refractivity contribution < 1.29 is 20.1 Å². The van der Waals surface area contributed by atoms with E-state index in [0.717, 1.165) is 0 Å². The van der Waals surface area contributed by atoms with E-state index < -0.39 is 30.0 Å². The number of ketones is 1. The Morgan fingerprint density at radius 3 is 2.33 bits per heavy atom. The first-order valence-electron chi connectivity index (χ1n) is 3.63. The van der Waals surface area contributed by atoms with Crippen LogP contribution < -0.4 is 0 Å². The van der Waals surface area contributed by atoms with E-state index in [2.05, 4.69) is 0 Å². The standard InChI is InChI=1S/C7H13ClO4/c1-4(10)2-6(11)7(12)5(8)3-9/h4-6,9-11H,2-3H2,1H3. The maximum Gasteiger partial charge on any atom is 0.181 e. The normalized spacial score (nSPS) is 18.4. The Kier molecular flexibility index (Phi) is 5.41. The Hall–Kier alpha value is -0.160. The van der Waals surface area contributed by atoms with E-state index in [4.69, 9.17) is 26.9 Å². The number of hydrogen-bond acceptors (Lipinski definition) is 4. The van der Waals surface area contributed by atoms with Crippen molar-refractivity contribution in [1.29, 1.82) is 0 Å². The van der Waals surface area contributed by atoms with Crippen molar-refractivity contribution in [3.8, 4) is 0 Å². The fraction of sp³-hybridized carbons (Fsp3) is 0.857. The minimum Gasteiger partial charge on any atom is -0.394 e. The van der Waals surface area contributed by atoms with Gasteiger partial charge in [-0.2, -0.15) is 0 Å². The van der Waals surface area contributed by atoms with Crippen LogP contribution in [0, 0.1) is 0 Å². The van der Waals surface area contributed by atoms with Crippen molar-refractivity contribution in [3.63, 3.8) is 0 Å². The van der Waals surface area contributed by atoms with Gasteiger partial charge in [0.1, 0.15) is 11.5 Å². The molecule has 0 aromatic heterocycles. The van der Waals surface area contributed by atoms with Crippen LogP contribution in [0.1, 0.15) is 13.3 Å². The first-order valence-corrected chi connectivity index (χ1v) is 4.07. The maximum absolute atomic E-state index is 11.0. The molecule has 4 nitrogen and oxygen atoms in total. The summed E-state index contributed by atoms with van der Waals surface area (Å²) < 4.78 is 0. The second-order valence-electron chi connectivity index (χ2n) is 2.65. The Labute approximate surface area is 75.8 Å². The van der Waals surface area contributed by atoms with Crippen molar-refractivity contribution >= 4 is 17.4 Å². The molecule has 3 atom stereocenters. The smallest absolute Gasteiger partial charge is 0.181 e. The van der Waals surface area contributed by atoms with Gasteiger partial charge in [-0.15, -0.1) is 11.6 Å². The Morgan fingerprint density at radius 2 is 2.00 bits per heavy atom. The van der Waals surface area contributed by atoms with Gasteiger partial charge >= 0.3 is 0 Å². The van der Waals surface area contributed by atoms with Crippen LogP contribution in [0.15, 0.2) is 0 Å². The van der Waals surface area contributed by atoms with Gasteiger partial charge in [-0.25, -0.2) is 0 Å². The molecule has 3 unspecified atom stereocenters. The van der Waals surface area contributed by atoms with E-state index in [1.807, 2.05) is 0 Å². The van der Waals surface area contributed by atoms with Gasteiger partial charge in [0, 0.05) is 6.42 Å². The molecule has 0 aliphatic rings. The number of carbonyl (C=O) groups is 1. The first kappa shape index (κ1) is 11.8.